The lowest BCUT2D eigenvalue weighted by Crippen LogP contribution is -2.25. The molecule has 0 fully saturated rings. The maximum absolute atomic E-state index is 9.76. The minimum atomic E-state index is -0.375. The number of hydrogen-bond acceptors (Lipinski definition) is 6. The van der Waals surface area contributed by atoms with Gasteiger partial charge in [0.1, 0.15) is 11.6 Å². The van der Waals surface area contributed by atoms with E-state index in [0.717, 1.165) is 23.3 Å². The Morgan fingerprint density at radius 2 is 1.89 bits per heavy atom. The first-order valence-electron chi connectivity index (χ1n) is 6.15. The molecule has 1 aromatic rings. The van der Waals surface area contributed by atoms with Crippen molar-refractivity contribution in [3.63, 3.8) is 0 Å². The summed E-state index contributed by atoms with van der Waals surface area (Å²) in [6, 6.07) is 1.86. The second kappa shape index (κ2) is 7.43. The number of nitrogens with one attached hydrogen (secondary N) is 2. The van der Waals surface area contributed by atoms with Crippen LogP contribution >= 0.6 is 11.8 Å². The van der Waals surface area contributed by atoms with E-state index in [4.69, 9.17) is 0 Å². The van der Waals surface area contributed by atoms with Crippen LogP contribution in [0, 0.1) is 5.92 Å². The Balaban J connectivity index is 2.71. The van der Waals surface area contributed by atoms with E-state index in [-0.39, 0.29) is 12.0 Å². The van der Waals surface area contributed by atoms with Gasteiger partial charge in [0.2, 0.25) is 0 Å². The third-order valence-corrected chi connectivity index (χ3v) is 3.06. The Morgan fingerprint density at radius 3 is 2.39 bits per heavy atom. The molecule has 3 N–H and O–H groups in total. The topological polar surface area (TPSA) is 70.1 Å². The second-order valence-electron chi connectivity index (χ2n) is 4.35. The van der Waals surface area contributed by atoms with Crippen molar-refractivity contribution in [3.05, 3.63) is 6.07 Å². The molecule has 0 aliphatic heterocycles. The highest BCUT2D eigenvalue weighted by atomic mass is 32.2. The lowest BCUT2D eigenvalue weighted by atomic mass is 10.1. The van der Waals surface area contributed by atoms with Gasteiger partial charge < -0.3 is 15.7 Å². The zero-order valence-electron chi connectivity index (χ0n) is 11.4. The predicted octanol–water partition coefficient (Wildman–Crippen LogP) is 2.06. The van der Waals surface area contributed by atoms with Crippen LogP contribution in [0.15, 0.2) is 11.2 Å². The largest absolute Gasteiger partial charge is 0.391 e. The fourth-order valence-electron chi connectivity index (χ4n) is 1.32. The van der Waals surface area contributed by atoms with Gasteiger partial charge >= 0.3 is 0 Å². The van der Waals surface area contributed by atoms with Crippen LogP contribution in [0.1, 0.15) is 20.8 Å². The summed E-state index contributed by atoms with van der Waals surface area (Å²) in [4.78, 5) is 8.70. The van der Waals surface area contributed by atoms with Crippen LogP contribution in [-0.2, 0) is 0 Å². The van der Waals surface area contributed by atoms with E-state index in [0.29, 0.717) is 6.54 Å². The highest BCUT2D eigenvalue weighted by Crippen LogP contribution is 2.17. The molecule has 0 aliphatic rings. The number of aromatic nitrogens is 2. The summed E-state index contributed by atoms with van der Waals surface area (Å²) in [6.45, 7) is 7.32. The third kappa shape index (κ3) is 4.70. The molecular weight excluding hydrogens is 248 g/mol. The summed E-state index contributed by atoms with van der Waals surface area (Å²) in [7, 11) is 0. The highest BCUT2D eigenvalue weighted by molar-refractivity contribution is 7.98. The molecule has 1 atom stereocenters. The maximum Gasteiger partial charge on any atom is 0.191 e. The van der Waals surface area contributed by atoms with Gasteiger partial charge in [-0.15, -0.1) is 0 Å². The number of anilines is 2. The van der Waals surface area contributed by atoms with E-state index < -0.39 is 0 Å². The van der Waals surface area contributed by atoms with Gasteiger partial charge in [0.25, 0.3) is 0 Å². The minimum Gasteiger partial charge on any atom is -0.391 e. The van der Waals surface area contributed by atoms with E-state index in [2.05, 4.69) is 20.6 Å². The number of thioether (sulfide) groups is 1. The minimum absolute atomic E-state index is 0.229. The van der Waals surface area contributed by atoms with Crippen molar-refractivity contribution in [1.29, 1.82) is 0 Å². The summed E-state index contributed by atoms with van der Waals surface area (Å²) >= 11 is 1.50. The standard InChI is InChI=1S/C12H22N4OS/c1-5-13-10-6-11(16-12(15-10)18-4)14-7-9(17)8(2)3/h6,8-9,17H,5,7H2,1-4H3,(H2,13,14,15,16). The molecule has 1 rings (SSSR count). The zero-order chi connectivity index (χ0) is 13.5. The summed E-state index contributed by atoms with van der Waals surface area (Å²) in [6.07, 6.45) is 1.57. The van der Waals surface area contributed by atoms with Gasteiger partial charge in [-0.25, -0.2) is 9.97 Å². The molecule has 0 radical (unpaired) electrons. The predicted molar refractivity (Wildman–Crippen MR) is 77.3 cm³/mol. The summed E-state index contributed by atoms with van der Waals surface area (Å²) < 4.78 is 0. The molecule has 0 saturated carbocycles. The number of aliphatic hydroxyl groups excluding tert-OH is 1. The number of aliphatic hydroxyl groups is 1. The molecule has 1 heterocycles. The molecule has 0 aromatic carbocycles. The van der Waals surface area contributed by atoms with Crippen LogP contribution in [0.25, 0.3) is 0 Å². The van der Waals surface area contributed by atoms with Crippen LogP contribution in [0.4, 0.5) is 11.6 Å². The summed E-state index contributed by atoms with van der Waals surface area (Å²) in [5.41, 5.74) is 0. The summed E-state index contributed by atoms with van der Waals surface area (Å²) in [5, 5.41) is 16.8. The fraction of sp³-hybridized carbons (Fsp3) is 0.667. The number of rotatable bonds is 7. The molecule has 6 heteroatoms. The number of nitrogens with zero attached hydrogens (tertiary/aromatic N) is 2. The van der Waals surface area contributed by atoms with E-state index in [1.165, 1.54) is 11.8 Å². The van der Waals surface area contributed by atoms with Crippen molar-refractivity contribution in [2.75, 3.05) is 30.0 Å². The first kappa shape index (κ1) is 15.0. The van der Waals surface area contributed by atoms with Crippen LogP contribution in [0.2, 0.25) is 0 Å². The molecular formula is C12H22N4OS. The zero-order valence-corrected chi connectivity index (χ0v) is 12.2. The average Bonchev–Trinajstić information content (AvgIpc) is 2.35. The van der Waals surface area contributed by atoms with Crippen LogP contribution in [-0.4, -0.2) is 40.5 Å². The molecule has 102 valence electrons. The van der Waals surface area contributed by atoms with Gasteiger partial charge in [0.15, 0.2) is 5.16 Å². The monoisotopic (exact) mass is 270 g/mol. The van der Waals surface area contributed by atoms with E-state index >= 15 is 0 Å². The highest BCUT2D eigenvalue weighted by Gasteiger charge is 2.10. The molecule has 0 spiro atoms. The van der Waals surface area contributed by atoms with E-state index in [1.54, 1.807) is 0 Å². The lowest BCUT2D eigenvalue weighted by molar-refractivity contribution is 0.138. The Kier molecular flexibility index (Phi) is 6.21. The van der Waals surface area contributed by atoms with Gasteiger partial charge in [-0.2, -0.15) is 0 Å². The molecule has 5 nitrogen and oxygen atoms in total. The van der Waals surface area contributed by atoms with Crippen LogP contribution in [0.3, 0.4) is 0 Å². The molecule has 0 amide bonds. The average molecular weight is 270 g/mol. The maximum atomic E-state index is 9.76. The lowest BCUT2D eigenvalue weighted by Gasteiger charge is -2.16. The SMILES string of the molecule is CCNc1cc(NCC(O)C(C)C)nc(SC)n1. The van der Waals surface area contributed by atoms with Crippen molar-refractivity contribution in [1.82, 2.24) is 9.97 Å². The Hall–Kier alpha value is -1.01. The van der Waals surface area contributed by atoms with Crippen LogP contribution < -0.4 is 10.6 Å². The molecule has 1 unspecified atom stereocenters. The molecule has 0 saturated heterocycles. The summed E-state index contributed by atoms with van der Waals surface area (Å²) in [5.74, 6) is 1.77. The van der Waals surface area contributed by atoms with Crippen molar-refractivity contribution in [2.45, 2.75) is 32.0 Å². The fourth-order valence-corrected chi connectivity index (χ4v) is 1.70. The van der Waals surface area contributed by atoms with Gasteiger partial charge in [-0.1, -0.05) is 25.6 Å². The molecule has 0 aliphatic carbocycles. The van der Waals surface area contributed by atoms with E-state index in [1.807, 2.05) is 33.1 Å². The molecule has 0 bridgehead atoms. The van der Waals surface area contributed by atoms with Crippen molar-refractivity contribution in [3.8, 4) is 0 Å². The van der Waals surface area contributed by atoms with Crippen LogP contribution in [0.5, 0.6) is 0 Å². The Labute approximate surface area is 113 Å². The van der Waals surface area contributed by atoms with Gasteiger partial charge in [0.05, 0.1) is 6.10 Å². The van der Waals surface area contributed by atoms with Crippen molar-refractivity contribution >= 4 is 23.4 Å². The smallest absolute Gasteiger partial charge is 0.191 e. The normalized spacial score (nSPS) is 12.6. The second-order valence-corrected chi connectivity index (χ2v) is 5.12. The van der Waals surface area contributed by atoms with Gasteiger partial charge in [0, 0.05) is 19.2 Å². The van der Waals surface area contributed by atoms with Crippen molar-refractivity contribution in [2.24, 2.45) is 5.92 Å². The van der Waals surface area contributed by atoms with Crippen molar-refractivity contribution < 1.29 is 5.11 Å². The molecule has 1 aromatic heterocycles. The van der Waals surface area contributed by atoms with Gasteiger partial charge in [-0.3, -0.25) is 0 Å². The molecule has 18 heavy (non-hydrogen) atoms. The quantitative estimate of drug-likeness (QED) is 0.520. The van der Waals surface area contributed by atoms with Gasteiger partial charge in [-0.05, 0) is 19.1 Å². The van der Waals surface area contributed by atoms with E-state index in [9.17, 15) is 5.11 Å². The number of hydrogen-bond donors (Lipinski definition) is 3. The first-order valence-corrected chi connectivity index (χ1v) is 7.38. The third-order valence-electron chi connectivity index (χ3n) is 2.51. The Morgan fingerprint density at radius 1 is 1.28 bits per heavy atom. The first-order chi connectivity index (χ1) is 8.56. The Bertz CT molecular complexity index is 373.